The summed E-state index contributed by atoms with van der Waals surface area (Å²) in [5.41, 5.74) is 7.84. The first-order valence-corrected chi connectivity index (χ1v) is 7.16. The van der Waals surface area contributed by atoms with Gasteiger partial charge in [-0.3, -0.25) is 9.59 Å². The van der Waals surface area contributed by atoms with Gasteiger partial charge in [0, 0.05) is 25.7 Å². The van der Waals surface area contributed by atoms with E-state index in [0.29, 0.717) is 17.8 Å². The lowest BCUT2D eigenvalue weighted by Crippen LogP contribution is -2.36. The Hall–Kier alpha value is -2.24. The molecule has 0 aliphatic heterocycles. The van der Waals surface area contributed by atoms with Crippen molar-refractivity contribution in [1.29, 1.82) is 0 Å². The minimum Gasteiger partial charge on any atom is -0.397 e. The molecule has 1 rings (SSSR count). The first kappa shape index (κ1) is 16.8. The first-order valence-electron chi connectivity index (χ1n) is 7.16. The molecule has 0 unspecified atom stereocenters. The Morgan fingerprint density at radius 3 is 2.52 bits per heavy atom. The van der Waals surface area contributed by atoms with Gasteiger partial charge in [-0.05, 0) is 31.5 Å². The lowest BCUT2D eigenvalue weighted by Gasteiger charge is -2.25. The SMILES string of the molecule is CCCN(CC(=O)NC)c1ccc(C(=O)NCC)cc1N. The molecule has 4 N–H and O–H groups in total. The quantitative estimate of drug-likeness (QED) is 0.654. The summed E-state index contributed by atoms with van der Waals surface area (Å²) in [6.07, 6.45) is 0.897. The fourth-order valence-electron chi connectivity index (χ4n) is 2.05. The molecule has 6 heteroatoms. The van der Waals surface area contributed by atoms with Crippen molar-refractivity contribution in [2.24, 2.45) is 0 Å². The Bertz CT molecular complexity index is 502. The number of anilines is 2. The molecule has 1 aromatic rings. The second kappa shape index (κ2) is 8.14. The zero-order chi connectivity index (χ0) is 15.8. The number of hydrogen-bond acceptors (Lipinski definition) is 4. The maximum absolute atomic E-state index is 11.8. The highest BCUT2D eigenvalue weighted by Gasteiger charge is 2.14. The van der Waals surface area contributed by atoms with E-state index in [-0.39, 0.29) is 18.4 Å². The van der Waals surface area contributed by atoms with Crippen LogP contribution in [0.4, 0.5) is 11.4 Å². The number of carbonyl (C=O) groups excluding carboxylic acids is 2. The molecular weight excluding hydrogens is 268 g/mol. The summed E-state index contributed by atoms with van der Waals surface area (Å²) in [5, 5.41) is 5.34. The molecule has 21 heavy (non-hydrogen) atoms. The van der Waals surface area contributed by atoms with Crippen molar-refractivity contribution in [3.63, 3.8) is 0 Å². The molecule has 6 nitrogen and oxygen atoms in total. The van der Waals surface area contributed by atoms with E-state index in [2.05, 4.69) is 10.6 Å². The van der Waals surface area contributed by atoms with Gasteiger partial charge in [-0.25, -0.2) is 0 Å². The van der Waals surface area contributed by atoms with Gasteiger partial charge < -0.3 is 21.3 Å². The van der Waals surface area contributed by atoms with Crippen LogP contribution in [0.15, 0.2) is 18.2 Å². The van der Waals surface area contributed by atoms with Crippen LogP contribution >= 0.6 is 0 Å². The van der Waals surface area contributed by atoms with Crippen LogP contribution in [0.3, 0.4) is 0 Å². The molecule has 0 aliphatic rings. The fourth-order valence-corrected chi connectivity index (χ4v) is 2.05. The Morgan fingerprint density at radius 1 is 1.29 bits per heavy atom. The van der Waals surface area contributed by atoms with E-state index in [1.165, 1.54) is 0 Å². The van der Waals surface area contributed by atoms with Crippen LogP contribution in [-0.2, 0) is 4.79 Å². The predicted octanol–water partition coefficient (Wildman–Crippen LogP) is 0.981. The number of benzene rings is 1. The van der Waals surface area contributed by atoms with Gasteiger partial charge in [0.2, 0.25) is 5.91 Å². The zero-order valence-electron chi connectivity index (χ0n) is 12.9. The highest BCUT2D eigenvalue weighted by molar-refractivity contribution is 5.96. The number of nitrogens with one attached hydrogen (secondary N) is 2. The van der Waals surface area contributed by atoms with E-state index < -0.39 is 0 Å². The molecule has 0 saturated carbocycles. The molecule has 0 atom stereocenters. The van der Waals surface area contributed by atoms with Crippen LogP contribution in [-0.4, -0.2) is 38.5 Å². The second-order valence-corrected chi connectivity index (χ2v) is 4.73. The summed E-state index contributed by atoms with van der Waals surface area (Å²) >= 11 is 0. The molecule has 0 heterocycles. The topological polar surface area (TPSA) is 87.5 Å². The maximum Gasteiger partial charge on any atom is 0.251 e. The largest absolute Gasteiger partial charge is 0.397 e. The number of nitrogen functional groups attached to an aromatic ring is 1. The lowest BCUT2D eigenvalue weighted by molar-refractivity contribution is -0.119. The van der Waals surface area contributed by atoms with Crippen LogP contribution in [0, 0.1) is 0 Å². The average Bonchev–Trinajstić information content (AvgIpc) is 2.46. The van der Waals surface area contributed by atoms with Crippen molar-refractivity contribution in [1.82, 2.24) is 10.6 Å². The van der Waals surface area contributed by atoms with Gasteiger partial charge in [-0.15, -0.1) is 0 Å². The van der Waals surface area contributed by atoms with E-state index in [9.17, 15) is 9.59 Å². The number of hydrogen-bond donors (Lipinski definition) is 3. The molecule has 0 saturated heterocycles. The van der Waals surface area contributed by atoms with Crippen molar-refractivity contribution in [3.05, 3.63) is 23.8 Å². The van der Waals surface area contributed by atoms with Crippen molar-refractivity contribution in [2.75, 3.05) is 37.3 Å². The van der Waals surface area contributed by atoms with Crippen molar-refractivity contribution < 1.29 is 9.59 Å². The third-order valence-electron chi connectivity index (χ3n) is 3.07. The highest BCUT2D eigenvalue weighted by Crippen LogP contribution is 2.24. The molecule has 0 bridgehead atoms. The third kappa shape index (κ3) is 4.66. The lowest BCUT2D eigenvalue weighted by atomic mass is 10.1. The summed E-state index contributed by atoms with van der Waals surface area (Å²) in [6.45, 7) is 5.43. The summed E-state index contributed by atoms with van der Waals surface area (Å²) in [5.74, 6) is -0.222. The Balaban J connectivity index is 2.99. The van der Waals surface area contributed by atoms with Crippen LogP contribution in [0.25, 0.3) is 0 Å². The summed E-state index contributed by atoms with van der Waals surface area (Å²) in [6, 6.07) is 5.16. The summed E-state index contributed by atoms with van der Waals surface area (Å²) < 4.78 is 0. The van der Waals surface area contributed by atoms with Crippen LogP contribution < -0.4 is 21.3 Å². The van der Waals surface area contributed by atoms with Gasteiger partial charge >= 0.3 is 0 Å². The van der Waals surface area contributed by atoms with E-state index in [1.807, 2.05) is 18.7 Å². The van der Waals surface area contributed by atoms with Crippen LogP contribution in [0.2, 0.25) is 0 Å². The molecule has 1 aromatic carbocycles. The smallest absolute Gasteiger partial charge is 0.251 e. The highest BCUT2D eigenvalue weighted by atomic mass is 16.2. The van der Waals surface area contributed by atoms with Gasteiger partial charge in [0.05, 0.1) is 17.9 Å². The van der Waals surface area contributed by atoms with Gasteiger partial charge in [-0.2, -0.15) is 0 Å². The number of nitrogens with zero attached hydrogens (tertiary/aromatic N) is 1. The van der Waals surface area contributed by atoms with Crippen LogP contribution in [0.5, 0.6) is 0 Å². The van der Waals surface area contributed by atoms with Crippen LogP contribution in [0.1, 0.15) is 30.6 Å². The monoisotopic (exact) mass is 292 g/mol. The molecule has 0 radical (unpaired) electrons. The first-order chi connectivity index (χ1) is 10.0. The molecule has 116 valence electrons. The van der Waals surface area contributed by atoms with Gasteiger partial charge in [-0.1, -0.05) is 6.92 Å². The minimum atomic E-state index is -0.149. The average molecular weight is 292 g/mol. The number of likely N-dealkylation sites (N-methyl/N-ethyl adjacent to an activating group) is 1. The van der Waals surface area contributed by atoms with E-state index in [1.54, 1.807) is 25.2 Å². The Kier molecular flexibility index (Phi) is 6.52. The molecular formula is C15H24N4O2. The fraction of sp³-hybridized carbons (Fsp3) is 0.467. The third-order valence-corrected chi connectivity index (χ3v) is 3.07. The number of carbonyl (C=O) groups is 2. The number of rotatable bonds is 7. The summed E-state index contributed by atoms with van der Waals surface area (Å²) in [7, 11) is 1.61. The van der Waals surface area contributed by atoms with Gasteiger partial charge in [0.15, 0.2) is 0 Å². The van der Waals surface area contributed by atoms with Crippen molar-refractivity contribution in [2.45, 2.75) is 20.3 Å². The van der Waals surface area contributed by atoms with Crippen molar-refractivity contribution >= 4 is 23.2 Å². The second-order valence-electron chi connectivity index (χ2n) is 4.73. The number of amides is 2. The standard InChI is InChI=1S/C15H24N4O2/c1-4-8-19(10-14(20)17-3)13-7-6-11(9-12(13)16)15(21)18-5-2/h6-7,9H,4-5,8,10,16H2,1-3H3,(H,17,20)(H,18,21). The van der Waals surface area contributed by atoms with Gasteiger partial charge in [0.25, 0.3) is 5.91 Å². The van der Waals surface area contributed by atoms with Gasteiger partial charge in [0.1, 0.15) is 0 Å². The molecule has 2 amide bonds. The molecule has 0 aromatic heterocycles. The van der Waals surface area contributed by atoms with Crippen molar-refractivity contribution in [3.8, 4) is 0 Å². The normalized spacial score (nSPS) is 10.0. The maximum atomic E-state index is 11.8. The summed E-state index contributed by atoms with van der Waals surface area (Å²) in [4.78, 5) is 25.3. The molecule has 0 fully saturated rings. The molecule has 0 aliphatic carbocycles. The Labute approximate surface area is 125 Å². The number of nitrogens with two attached hydrogens (primary N) is 1. The zero-order valence-corrected chi connectivity index (χ0v) is 12.9. The van der Waals surface area contributed by atoms with E-state index >= 15 is 0 Å². The van der Waals surface area contributed by atoms with E-state index in [4.69, 9.17) is 5.73 Å². The Morgan fingerprint density at radius 2 is 2.00 bits per heavy atom. The molecule has 0 spiro atoms. The predicted molar refractivity (Wildman–Crippen MR) is 85.4 cm³/mol. The minimum absolute atomic E-state index is 0.0735. The van der Waals surface area contributed by atoms with E-state index in [0.717, 1.165) is 18.7 Å².